The molecule has 1 N–H and O–H groups in total. The average Bonchev–Trinajstić information content (AvgIpc) is 2.41. The predicted octanol–water partition coefficient (Wildman–Crippen LogP) is 2.76. The van der Waals surface area contributed by atoms with Gasteiger partial charge in [-0.25, -0.2) is 0 Å². The van der Waals surface area contributed by atoms with E-state index in [0.717, 1.165) is 5.56 Å². The third kappa shape index (κ3) is 4.34. The van der Waals surface area contributed by atoms with Crippen LogP contribution in [0, 0.1) is 0 Å². The molecule has 1 aromatic rings. The maximum absolute atomic E-state index is 8.96. The number of hydrogen-bond acceptors (Lipinski definition) is 3. The van der Waals surface area contributed by atoms with Crippen LogP contribution in [0.25, 0.3) is 0 Å². The Morgan fingerprint density at radius 2 is 1.76 bits per heavy atom. The summed E-state index contributed by atoms with van der Waals surface area (Å²) in [5.74, 6) is 1.17. The summed E-state index contributed by atoms with van der Waals surface area (Å²) in [4.78, 5) is 3.87. The van der Waals surface area contributed by atoms with E-state index in [1.54, 1.807) is 0 Å². The molecule has 1 aliphatic rings. The van der Waals surface area contributed by atoms with Crippen LogP contribution in [-0.4, -0.2) is 35.4 Å². The second-order valence-electron chi connectivity index (χ2n) is 4.55. The number of aliphatic hydroxyl groups is 1. The smallest absolute Gasteiger partial charge is 0.0681 e. The molecule has 1 heterocycles. The Hall–Kier alpha value is -0.510. The van der Waals surface area contributed by atoms with Gasteiger partial charge < -0.3 is 10.0 Å². The van der Waals surface area contributed by atoms with Crippen molar-refractivity contribution in [3.63, 3.8) is 0 Å². The highest BCUT2D eigenvalue weighted by atomic mass is 32.2. The van der Waals surface area contributed by atoms with Crippen molar-refractivity contribution in [2.45, 2.75) is 30.8 Å². The largest absolute Gasteiger partial charge is 0.392 e. The number of benzene rings is 1. The highest BCUT2D eigenvalue weighted by molar-refractivity contribution is 7.99. The van der Waals surface area contributed by atoms with Crippen molar-refractivity contribution in [1.82, 2.24) is 4.90 Å². The zero-order valence-corrected chi connectivity index (χ0v) is 11.1. The molecule has 0 spiro atoms. The lowest BCUT2D eigenvalue weighted by molar-refractivity contribution is 0.242. The molecule has 17 heavy (non-hydrogen) atoms. The third-order valence-electron chi connectivity index (χ3n) is 3.23. The molecular formula is C14H21NOS. The van der Waals surface area contributed by atoms with E-state index in [1.807, 2.05) is 23.9 Å². The van der Waals surface area contributed by atoms with Crippen LogP contribution in [0.15, 0.2) is 29.2 Å². The Kier molecular flexibility index (Phi) is 5.36. The Balaban J connectivity index is 1.69. The number of likely N-dealkylation sites (tertiary alicyclic amines) is 1. The molecule has 94 valence electrons. The fourth-order valence-electron chi connectivity index (χ4n) is 2.17. The zero-order chi connectivity index (χ0) is 11.9. The molecule has 1 aliphatic heterocycles. The van der Waals surface area contributed by atoms with Crippen LogP contribution in [0.2, 0.25) is 0 Å². The minimum Gasteiger partial charge on any atom is -0.392 e. The molecule has 1 saturated heterocycles. The van der Waals surface area contributed by atoms with Gasteiger partial charge in [-0.1, -0.05) is 18.6 Å². The first-order valence-corrected chi connectivity index (χ1v) is 7.42. The molecule has 0 atom stereocenters. The maximum Gasteiger partial charge on any atom is 0.0681 e. The van der Waals surface area contributed by atoms with Gasteiger partial charge in [-0.15, -0.1) is 11.8 Å². The predicted molar refractivity (Wildman–Crippen MR) is 73.4 cm³/mol. The summed E-state index contributed by atoms with van der Waals surface area (Å²) in [6.07, 6.45) is 4.15. The number of aliphatic hydroxyl groups excluding tert-OH is 1. The van der Waals surface area contributed by atoms with E-state index >= 15 is 0 Å². The quantitative estimate of drug-likeness (QED) is 0.814. The van der Waals surface area contributed by atoms with Gasteiger partial charge in [-0.05, 0) is 43.6 Å². The van der Waals surface area contributed by atoms with Gasteiger partial charge in [0.25, 0.3) is 0 Å². The molecule has 1 fully saturated rings. The zero-order valence-electron chi connectivity index (χ0n) is 10.3. The molecule has 1 aromatic carbocycles. The Labute approximate surface area is 108 Å². The molecule has 3 heteroatoms. The number of nitrogens with zero attached hydrogens (tertiary/aromatic N) is 1. The van der Waals surface area contributed by atoms with Gasteiger partial charge in [-0.3, -0.25) is 0 Å². The van der Waals surface area contributed by atoms with Gasteiger partial charge in [0, 0.05) is 17.2 Å². The van der Waals surface area contributed by atoms with Gasteiger partial charge in [-0.2, -0.15) is 0 Å². The van der Waals surface area contributed by atoms with E-state index in [-0.39, 0.29) is 6.61 Å². The average molecular weight is 251 g/mol. The monoisotopic (exact) mass is 251 g/mol. The van der Waals surface area contributed by atoms with Gasteiger partial charge >= 0.3 is 0 Å². The molecule has 0 aliphatic carbocycles. The highest BCUT2D eigenvalue weighted by Gasteiger charge is 2.09. The van der Waals surface area contributed by atoms with E-state index in [2.05, 4.69) is 17.0 Å². The van der Waals surface area contributed by atoms with Crippen LogP contribution < -0.4 is 0 Å². The van der Waals surface area contributed by atoms with Gasteiger partial charge in [0.1, 0.15) is 0 Å². The van der Waals surface area contributed by atoms with Gasteiger partial charge in [0.05, 0.1) is 6.61 Å². The molecule has 2 rings (SSSR count). The van der Waals surface area contributed by atoms with Gasteiger partial charge in [0.15, 0.2) is 0 Å². The Morgan fingerprint density at radius 1 is 1.06 bits per heavy atom. The van der Waals surface area contributed by atoms with Crippen molar-refractivity contribution in [3.05, 3.63) is 29.8 Å². The van der Waals surface area contributed by atoms with E-state index in [4.69, 9.17) is 5.11 Å². The van der Waals surface area contributed by atoms with Crippen LogP contribution in [0.1, 0.15) is 24.8 Å². The normalized spacial score (nSPS) is 17.2. The third-order valence-corrected chi connectivity index (χ3v) is 4.22. The van der Waals surface area contributed by atoms with E-state index in [0.29, 0.717) is 0 Å². The lowest BCUT2D eigenvalue weighted by atomic mass is 10.1. The second-order valence-corrected chi connectivity index (χ2v) is 5.72. The SMILES string of the molecule is OCc1ccc(SCCN2CCCCC2)cc1. The first-order valence-electron chi connectivity index (χ1n) is 6.43. The fraction of sp³-hybridized carbons (Fsp3) is 0.571. The first-order chi connectivity index (χ1) is 8.38. The molecule has 0 radical (unpaired) electrons. The molecule has 0 unspecified atom stereocenters. The van der Waals surface area contributed by atoms with E-state index < -0.39 is 0 Å². The minimum absolute atomic E-state index is 0.138. The standard InChI is InChI=1S/C14H21NOS/c16-12-13-4-6-14(7-5-13)17-11-10-15-8-2-1-3-9-15/h4-7,16H,1-3,8-12H2. The minimum atomic E-state index is 0.138. The van der Waals surface area contributed by atoms with Crippen LogP contribution >= 0.6 is 11.8 Å². The second kappa shape index (κ2) is 7.04. The summed E-state index contributed by atoms with van der Waals surface area (Å²) in [6.45, 7) is 3.90. The van der Waals surface area contributed by atoms with Crippen molar-refractivity contribution in [2.24, 2.45) is 0 Å². The van der Waals surface area contributed by atoms with E-state index in [9.17, 15) is 0 Å². The van der Waals surface area contributed by atoms with E-state index in [1.165, 1.54) is 49.5 Å². The molecule has 0 aromatic heterocycles. The molecule has 0 saturated carbocycles. The summed E-state index contributed by atoms with van der Waals surface area (Å²) in [5, 5.41) is 8.96. The summed E-state index contributed by atoms with van der Waals surface area (Å²) in [7, 11) is 0. The summed E-state index contributed by atoms with van der Waals surface area (Å²) < 4.78 is 0. The Morgan fingerprint density at radius 3 is 2.41 bits per heavy atom. The van der Waals surface area contributed by atoms with Crippen LogP contribution in [-0.2, 0) is 6.61 Å². The maximum atomic E-state index is 8.96. The van der Waals surface area contributed by atoms with Crippen LogP contribution in [0.3, 0.4) is 0 Å². The Bertz CT molecular complexity index is 319. The highest BCUT2D eigenvalue weighted by Crippen LogP contribution is 2.19. The number of rotatable bonds is 5. The van der Waals surface area contributed by atoms with Crippen molar-refractivity contribution in [1.29, 1.82) is 0 Å². The number of hydrogen-bond donors (Lipinski definition) is 1. The number of thioether (sulfide) groups is 1. The van der Waals surface area contributed by atoms with Crippen LogP contribution in [0.4, 0.5) is 0 Å². The number of piperidine rings is 1. The fourth-order valence-corrected chi connectivity index (χ4v) is 3.08. The van der Waals surface area contributed by atoms with Crippen molar-refractivity contribution in [3.8, 4) is 0 Å². The first kappa shape index (κ1) is 12.9. The van der Waals surface area contributed by atoms with Crippen molar-refractivity contribution >= 4 is 11.8 Å². The molecule has 0 bridgehead atoms. The molecular weight excluding hydrogens is 230 g/mol. The molecule has 0 amide bonds. The molecule has 2 nitrogen and oxygen atoms in total. The van der Waals surface area contributed by atoms with Crippen molar-refractivity contribution in [2.75, 3.05) is 25.4 Å². The summed E-state index contributed by atoms with van der Waals surface area (Å²) in [6, 6.07) is 8.21. The topological polar surface area (TPSA) is 23.5 Å². The lowest BCUT2D eigenvalue weighted by Crippen LogP contribution is -2.31. The van der Waals surface area contributed by atoms with Gasteiger partial charge in [0.2, 0.25) is 0 Å². The summed E-state index contributed by atoms with van der Waals surface area (Å²) in [5.41, 5.74) is 0.991. The van der Waals surface area contributed by atoms with Crippen molar-refractivity contribution < 1.29 is 5.11 Å². The lowest BCUT2D eigenvalue weighted by Gasteiger charge is -2.26. The van der Waals surface area contributed by atoms with Crippen LogP contribution in [0.5, 0.6) is 0 Å². The summed E-state index contributed by atoms with van der Waals surface area (Å²) >= 11 is 1.91.